The molecule has 0 spiro atoms. The van der Waals surface area contributed by atoms with E-state index in [2.05, 4.69) is 39.8 Å². The summed E-state index contributed by atoms with van der Waals surface area (Å²) in [6.45, 7) is 5.90. The molecule has 1 fully saturated rings. The van der Waals surface area contributed by atoms with Crippen LogP contribution >= 0.6 is 12.2 Å². The Morgan fingerprint density at radius 1 is 1.26 bits per heavy atom. The van der Waals surface area contributed by atoms with Crippen LogP contribution in [0.5, 0.6) is 0 Å². The zero-order chi connectivity index (χ0) is 15.9. The summed E-state index contributed by atoms with van der Waals surface area (Å²) in [5.74, 6) is 0. The quantitative estimate of drug-likeness (QED) is 0.638. The number of thiocarbonyl (C=S) groups is 1. The van der Waals surface area contributed by atoms with Crippen molar-refractivity contribution in [2.24, 2.45) is 0 Å². The molecular formula is C18H27N3OS. The summed E-state index contributed by atoms with van der Waals surface area (Å²) >= 11 is 5.48. The number of morpholine rings is 1. The van der Waals surface area contributed by atoms with E-state index in [-0.39, 0.29) is 0 Å². The van der Waals surface area contributed by atoms with Crippen LogP contribution < -0.4 is 10.6 Å². The van der Waals surface area contributed by atoms with E-state index in [9.17, 15) is 0 Å². The zero-order valence-corrected chi connectivity index (χ0v) is 14.5. The van der Waals surface area contributed by atoms with Gasteiger partial charge in [-0.05, 0) is 55.6 Å². The summed E-state index contributed by atoms with van der Waals surface area (Å²) in [5.41, 5.74) is 2.88. The molecule has 2 N–H and O–H groups in total. The van der Waals surface area contributed by atoms with Crippen molar-refractivity contribution in [1.82, 2.24) is 15.5 Å². The van der Waals surface area contributed by atoms with E-state index < -0.39 is 0 Å². The van der Waals surface area contributed by atoms with Gasteiger partial charge in [-0.3, -0.25) is 4.90 Å². The van der Waals surface area contributed by atoms with Crippen molar-refractivity contribution in [2.75, 3.05) is 39.4 Å². The Bertz CT molecular complexity index is 517. The lowest BCUT2D eigenvalue weighted by Crippen LogP contribution is -2.41. The Kier molecular flexibility index (Phi) is 6.25. The smallest absolute Gasteiger partial charge is 0.166 e. The van der Waals surface area contributed by atoms with E-state index in [1.165, 1.54) is 24.0 Å². The summed E-state index contributed by atoms with van der Waals surface area (Å²) in [4.78, 5) is 2.46. The van der Waals surface area contributed by atoms with E-state index in [0.29, 0.717) is 6.04 Å². The predicted octanol–water partition coefficient (Wildman–Crippen LogP) is 2.25. The Morgan fingerprint density at radius 3 is 2.96 bits per heavy atom. The van der Waals surface area contributed by atoms with Crippen molar-refractivity contribution >= 4 is 17.3 Å². The van der Waals surface area contributed by atoms with Gasteiger partial charge in [-0.15, -0.1) is 0 Å². The number of hydrogen-bond donors (Lipinski definition) is 2. The van der Waals surface area contributed by atoms with Crippen LogP contribution in [0, 0.1) is 0 Å². The molecule has 0 aromatic heterocycles. The van der Waals surface area contributed by atoms with Gasteiger partial charge >= 0.3 is 0 Å². The molecule has 0 radical (unpaired) electrons. The van der Waals surface area contributed by atoms with E-state index in [4.69, 9.17) is 17.0 Å². The van der Waals surface area contributed by atoms with Crippen LogP contribution in [0.25, 0.3) is 0 Å². The third-order valence-electron chi connectivity index (χ3n) is 4.72. The molecule has 1 aliphatic carbocycles. The largest absolute Gasteiger partial charge is 0.379 e. The highest BCUT2D eigenvalue weighted by atomic mass is 32.1. The van der Waals surface area contributed by atoms with Crippen molar-refractivity contribution < 1.29 is 4.74 Å². The maximum Gasteiger partial charge on any atom is 0.166 e. The topological polar surface area (TPSA) is 36.5 Å². The second kappa shape index (κ2) is 8.62. The van der Waals surface area contributed by atoms with Gasteiger partial charge < -0.3 is 15.4 Å². The average Bonchev–Trinajstić information content (AvgIpc) is 2.60. The first kappa shape index (κ1) is 16.7. The number of nitrogens with one attached hydrogen (secondary N) is 2. The molecule has 23 heavy (non-hydrogen) atoms. The molecule has 1 aromatic rings. The molecule has 1 saturated heterocycles. The van der Waals surface area contributed by atoms with Gasteiger partial charge in [0.1, 0.15) is 0 Å². The van der Waals surface area contributed by atoms with Crippen LogP contribution in [0.15, 0.2) is 24.3 Å². The number of rotatable bonds is 5. The number of fused-ring (bicyclic) bond motifs is 1. The summed E-state index contributed by atoms with van der Waals surface area (Å²) in [6.07, 6.45) is 4.69. The molecule has 1 heterocycles. The normalized spacial score (nSPS) is 21.5. The maximum absolute atomic E-state index is 5.48. The lowest BCUT2D eigenvalue weighted by atomic mass is 9.88. The molecule has 0 bridgehead atoms. The minimum Gasteiger partial charge on any atom is -0.379 e. The minimum absolute atomic E-state index is 0.360. The molecule has 1 aliphatic heterocycles. The first-order chi connectivity index (χ1) is 11.3. The van der Waals surface area contributed by atoms with Gasteiger partial charge in [-0.25, -0.2) is 0 Å². The number of benzene rings is 1. The van der Waals surface area contributed by atoms with Gasteiger partial charge in [-0.2, -0.15) is 0 Å². The molecule has 126 valence electrons. The lowest BCUT2D eigenvalue weighted by molar-refractivity contribution is 0.0376. The summed E-state index contributed by atoms with van der Waals surface area (Å²) in [5, 5.41) is 7.65. The molecule has 1 atom stereocenters. The minimum atomic E-state index is 0.360. The first-order valence-corrected chi connectivity index (χ1v) is 9.16. The van der Waals surface area contributed by atoms with Gasteiger partial charge in [0.15, 0.2) is 5.11 Å². The molecule has 0 unspecified atom stereocenters. The van der Waals surface area contributed by atoms with Crippen LogP contribution in [0.1, 0.15) is 36.4 Å². The van der Waals surface area contributed by atoms with E-state index in [1.54, 1.807) is 0 Å². The highest BCUT2D eigenvalue weighted by Crippen LogP contribution is 2.29. The summed E-state index contributed by atoms with van der Waals surface area (Å²) in [7, 11) is 0. The van der Waals surface area contributed by atoms with Gasteiger partial charge in [0.05, 0.1) is 19.3 Å². The Labute approximate surface area is 144 Å². The van der Waals surface area contributed by atoms with Gasteiger partial charge in [0, 0.05) is 19.6 Å². The van der Waals surface area contributed by atoms with Crippen molar-refractivity contribution in [2.45, 2.75) is 31.7 Å². The third kappa shape index (κ3) is 4.90. The highest BCUT2D eigenvalue weighted by molar-refractivity contribution is 7.80. The summed E-state index contributed by atoms with van der Waals surface area (Å²) in [6, 6.07) is 9.08. The molecule has 2 aliphatic rings. The Morgan fingerprint density at radius 2 is 2.09 bits per heavy atom. The van der Waals surface area contributed by atoms with Gasteiger partial charge in [0.2, 0.25) is 0 Å². The molecular weight excluding hydrogens is 306 g/mol. The zero-order valence-electron chi connectivity index (χ0n) is 13.7. The molecule has 5 heteroatoms. The maximum atomic E-state index is 5.48. The Hall–Kier alpha value is -1.17. The average molecular weight is 334 g/mol. The van der Waals surface area contributed by atoms with Crippen molar-refractivity contribution in [3.8, 4) is 0 Å². The number of nitrogens with zero attached hydrogens (tertiary/aromatic N) is 1. The second-order valence-electron chi connectivity index (χ2n) is 6.35. The van der Waals surface area contributed by atoms with Crippen LogP contribution in [0.3, 0.4) is 0 Å². The fourth-order valence-corrected chi connectivity index (χ4v) is 3.69. The van der Waals surface area contributed by atoms with Crippen molar-refractivity contribution in [3.63, 3.8) is 0 Å². The van der Waals surface area contributed by atoms with Gasteiger partial charge in [0.25, 0.3) is 0 Å². The molecule has 3 rings (SSSR count). The monoisotopic (exact) mass is 333 g/mol. The van der Waals surface area contributed by atoms with Crippen LogP contribution in [-0.2, 0) is 11.2 Å². The van der Waals surface area contributed by atoms with E-state index in [0.717, 1.165) is 57.3 Å². The second-order valence-corrected chi connectivity index (χ2v) is 6.76. The Balaban J connectivity index is 1.38. The fraction of sp³-hybridized carbons (Fsp3) is 0.611. The lowest BCUT2D eigenvalue weighted by Gasteiger charge is -2.28. The predicted molar refractivity (Wildman–Crippen MR) is 97.7 cm³/mol. The molecule has 0 amide bonds. The standard InChI is InChI=1S/C18H27N3OS/c23-18(19-9-4-10-21-11-13-22-14-12-21)20-17-8-3-6-15-5-1-2-7-16(15)17/h1-2,5,7,17H,3-4,6,8-14H2,(H2,19,20,23)/t17-/m1/s1. The number of aryl methyl sites for hydroxylation is 1. The fourth-order valence-electron chi connectivity index (χ4n) is 3.44. The van der Waals surface area contributed by atoms with E-state index in [1.807, 2.05) is 0 Å². The molecule has 0 saturated carbocycles. The van der Waals surface area contributed by atoms with Crippen LogP contribution in [0.4, 0.5) is 0 Å². The van der Waals surface area contributed by atoms with E-state index >= 15 is 0 Å². The highest BCUT2D eigenvalue weighted by Gasteiger charge is 2.20. The van der Waals surface area contributed by atoms with Crippen molar-refractivity contribution in [1.29, 1.82) is 0 Å². The van der Waals surface area contributed by atoms with Crippen LogP contribution in [-0.4, -0.2) is 49.4 Å². The summed E-state index contributed by atoms with van der Waals surface area (Å²) < 4.78 is 5.37. The third-order valence-corrected chi connectivity index (χ3v) is 4.98. The van der Waals surface area contributed by atoms with Crippen LogP contribution in [0.2, 0.25) is 0 Å². The molecule has 4 nitrogen and oxygen atoms in total. The van der Waals surface area contributed by atoms with Gasteiger partial charge in [-0.1, -0.05) is 24.3 Å². The first-order valence-electron chi connectivity index (χ1n) is 8.75. The SMILES string of the molecule is S=C(NCCCN1CCOCC1)N[C@@H]1CCCc2ccccc21. The molecule has 1 aromatic carbocycles. The number of hydrogen-bond acceptors (Lipinski definition) is 3. The van der Waals surface area contributed by atoms with Crippen molar-refractivity contribution in [3.05, 3.63) is 35.4 Å². The number of ether oxygens (including phenoxy) is 1.